The topological polar surface area (TPSA) is 80.5 Å². The van der Waals surface area contributed by atoms with Crippen LogP contribution in [0.3, 0.4) is 0 Å². The molecule has 0 bridgehead atoms. The maximum absolute atomic E-state index is 12.6. The van der Waals surface area contributed by atoms with E-state index in [-0.39, 0.29) is 11.5 Å². The Kier molecular flexibility index (Phi) is 6.71. The summed E-state index contributed by atoms with van der Waals surface area (Å²) in [5.74, 6) is -0.103. The number of hydrogen-bond acceptors (Lipinski definition) is 5. The van der Waals surface area contributed by atoms with Crippen LogP contribution in [0.1, 0.15) is 40.4 Å². The van der Waals surface area contributed by atoms with Gasteiger partial charge in [0.25, 0.3) is 11.5 Å². The van der Waals surface area contributed by atoms with E-state index >= 15 is 0 Å². The van der Waals surface area contributed by atoms with Crippen molar-refractivity contribution >= 4 is 39.8 Å². The first-order chi connectivity index (χ1) is 16.9. The Hall–Kier alpha value is -3.03. The van der Waals surface area contributed by atoms with Gasteiger partial charge in [0, 0.05) is 62.3 Å². The Morgan fingerprint density at radius 2 is 1.94 bits per heavy atom. The number of carbonyl (C=O) groups is 1. The molecule has 0 unspecified atom stereocenters. The first-order valence-corrected chi connectivity index (χ1v) is 12.8. The van der Waals surface area contributed by atoms with Crippen molar-refractivity contribution in [3.05, 3.63) is 68.0 Å². The third-order valence-corrected chi connectivity index (χ3v) is 7.34. The molecule has 5 rings (SSSR count). The lowest BCUT2D eigenvalue weighted by molar-refractivity contribution is 0.0956. The number of pyridine rings is 1. The SMILES string of the molecule is CCNC(=O)c1ccc(N2CCN(Cc3cc(C)c4c5c(c(=O)[nH]c4c3)CCCN5)CC2)c(Cl)c1. The molecule has 0 saturated carbocycles. The monoisotopic (exact) mass is 493 g/mol. The highest BCUT2D eigenvalue weighted by atomic mass is 35.5. The highest BCUT2D eigenvalue weighted by Gasteiger charge is 2.22. The number of rotatable bonds is 5. The summed E-state index contributed by atoms with van der Waals surface area (Å²) in [6, 6.07) is 9.91. The van der Waals surface area contributed by atoms with E-state index < -0.39 is 0 Å². The normalized spacial score (nSPS) is 16.1. The molecule has 0 spiro atoms. The van der Waals surface area contributed by atoms with E-state index in [0.717, 1.165) is 80.0 Å². The number of H-pyrrole nitrogens is 1. The largest absolute Gasteiger partial charge is 0.384 e. The molecule has 0 atom stereocenters. The summed E-state index contributed by atoms with van der Waals surface area (Å²) in [6.07, 6.45) is 1.83. The van der Waals surface area contributed by atoms with Crippen LogP contribution in [0.5, 0.6) is 0 Å². The molecule has 2 aromatic carbocycles. The van der Waals surface area contributed by atoms with Crippen molar-refractivity contribution in [1.29, 1.82) is 0 Å². The number of piperazine rings is 1. The van der Waals surface area contributed by atoms with E-state index in [1.807, 2.05) is 19.1 Å². The minimum atomic E-state index is -0.103. The van der Waals surface area contributed by atoms with Crippen molar-refractivity contribution in [3.63, 3.8) is 0 Å². The molecule has 2 aliphatic rings. The molecular formula is C27H32ClN5O2. The Balaban J connectivity index is 1.28. The van der Waals surface area contributed by atoms with Crippen molar-refractivity contribution in [2.45, 2.75) is 33.2 Å². The lowest BCUT2D eigenvalue weighted by Crippen LogP contribution is -2.46. The van der Waals surface area contributed by atoms with Gasteiger partial charge in [-0.05, 0) is 62.1 Å². The van der Waals surface area contributed by atoms with Gasteiger partial charge in [0.1, 0.15) is 0 Å². The van der Waals surface area contributed by atoms with Crippen molar-refractivity contribution in [2.24, 2.45) is 0 Å². The Bertz CT molecular complexity index is 1330. The van der Waals surface area contributed by atoms with Crippen molar-refractivity contribution in [1.82, 2.24) is 15.2 Å². The average Bonchev–Trinajstić information content (AvgIpc) is 2.84. The molecule has 1 aromatic heterocycles. The lowest BCUT2D eigenvalue weighted by Gasteiger charge is -2.36. The number of amides is 1. The summed E-state index contributed by atoms with van der Waals surface area (Å²) in [7, 11) is 0. The van der Waals surface area contributed by atoms with E-state index in [1.165, 1.54) is 11.1 Å². The van der Waals surface area contributed by atoms with Gasteiger partial charge < -0.3 is 20.5 Å². The minimum Gasteiger partial charge on any atom is -0.384 e. The zero-order valence-corrected chi connectivity index (χ0v) is 21.1. The summed E-state index contributed by atoms with van der Waals surface area (Å²) in [6.45, 7) is 9.91. The molecule has 7 nitrogen and oxygen atoms in total. The van der Waals surface area contributed by atoms with Crippen LogP contribution in [0.25, 0.3) is 10.9 Å². The van der Waals surface area contributed by atoms with Crippen molar-refractivity contribution in [2.75, 3.05) is 49.5 Å². The fourth-order valence-corrected chi connectivity index (χ4v) is 5.63. The second-order valence-electron chi connectivity index (χ2n) is 9.46. The Morgan fingerprint density at radius 1 is 1.14 bits per heavy atom. The summed E-state index contributed by atoms with van der Waals surface area (Å²) >= 11 is 6.54. The zero-order chi connectivity index (χ0) is 24.5. The Labute approximate surface area is 210 Å². The molecule has 1 fully saturated rings. The fourth-order valence-electron chi connectivity index (χ4n) is 5.33. The number of halogens is 1. The maximum Gasteiger partial charge on any atom is 0.253 e. The number of hydrogen-bond donors (Lipinski definition) is 3. The Morgan fingerprint density at radius 3 is 2.69 bits per heavy atom. The number of fused-ring (bicyclic) bond motifs is 3. The van der Waals surface area contributed by atoms with Crippen LogP contribution in [-0.4, -0.2) is 55.1 Å². The molecule has 3 heterocycles. The first kappa shape index (κ1) is 23.7. The van der Waals surface area contributed by atoms with Gasteiger partial charge >= 0.3 is 0 Å². The molecule has 3 aromatic rings. The summed E-state index contributed by atoms with van der Waals surface area (Å²) in [5, 5.41) is 8.01. The number of aromatic nitrogens is 1. The minimum absolute atomic E-state index is 0.0277. The van der Waals surface area contributed by atoms with E-state index in [4.69, 9.17) is 11.6 Å². The smallest absolute Gasteiger partial charge is 0.253 e. The molecule has 0 aliphatic carbocycles. The van der Waals surface area contributed by atoms with Crippen LogP contribution in [0.4, 0.5) is 11.4 Å². The van der Waals surface area contributed by atoms with Gasteiger partial charge in [-0.25, -0.2) is 0 Å². The van der Waals surface area contributed by atoms with Crippen molar-refractivity contribution in [3.8, 4) is 0 Å². The maximum atomic E-state index is 12.6. The summed E-state index contributed by atoms with van der Waals surface area (Å²) in [5.41, 5.74) is 6.79. The highest BCUT2D eigenvalue weighted by molar-refractivity contribution is 6.33. The third-order valence-electron chi connectivity index (χ3n) is 7.04. The van der Waals surface area contributed by atoms with Gasteiger partial charge in [0.2, 0.25) is 0 Å². The van der Waals surface area contributed by atoms with E-state index in [2.05, 4.69) is 44.5 Å². The van der Waals surface area contributed by atoms with E-state index in [1.54, 1.807) is 6.07 Å². The number of nitrogens with one attached hydrogen (secondary N) is 3. The van der Waals surface area contributed by atoms with Gasteiger partial charge in [-0.1, -0.05) is 17.7 Å². The molecule has 8 heteroatoms. The van der Waals surface area contributed by atoms with Gasteiger partial charge in [-0.3, -0.25) is 14.5 Å². The molecule has 3 N–H and O–H groups in total. The summed E-state index contributed by atoms with van der Waals surface area (Å²) < 4.78 is 0. The van der Waals surface area contributed by atoms with E-state index in [0.29, 0.717) is 17.1 Å². The number of nitrogens with zero attached hydrogens (tertiary/aromatic N) is 2. The van der Waals surface area contributed by atoms with Crippen LogP contribution < -0.4 is 21.1 Å². The molecule has 2 aliphatic heterocycles. The molecular weight excluding hydrogens is 462 g/mol. The van der Waals surface area contributed by atoms with Crippen LogP contribution in [0.2, 0.25) is 5.02 Å². The first-order valence-electron chi connectivity index (χ1n) is 12.4. The predicted molar refractivity (Wildman–Crippen MR) is 143 cm³/mol. The van der Waals surface area contributed by atoms with Gasteiger partial charge in [0.05, 0.1) is 21.9 Å². The zero-order valence-electron chi connectivity index (χ0n) is 20.3. The average molecular weight is 494 g/mol. The molecule has 0 radical (unpaired) electrons. The van der Waals surface area contributed by atoms with E-state index in [9.17, 15) is 9.59 Å². The van der Waals surface area contributed by atoms with Crippen LogP contribution in [0.15, 0.2) is 35.1 Å². The third kappa shape index (κ3) is 4.75. The summed E-state index contributed by atoms with van der Waals surface area (Å²) in [4.78, 5) is 32.6. The number of aryl methyl sites for hydroxylation is 1. The number of benzene rings is 2. The number of carbonyl (C=O) groups excluding carboxylic acids is 1. The fraction of sp³-hybridized carbons (Fsp3) is 0.407. The number of aromatic amines is 1. The lowest BCUT2D eigenvalue weighted by atomic mass is 9.97. The van der Waals surface area contributed by atoms with Crippen molar-refractivity contribution < 1.29 is 4.79 Å². The van der Waals surface area contributed by atoms with Gasteiger partial charge in [-0.2, -0.15) is 0 Å². The van der Waals surface area contributed by atoms with Crippen LogP contribution in [-0.2, 0) is 13.0 Å². The van der Waals surface area contributed by atoms with Crippen LogP contribution in [0, 0.1) is 6.92 Å². The highest BCUT2D eigenvalue weighted by Crippen LogP contribution is 2.32. The quantitative estimate of drug-likeness (QED) is 0.502. The second-order valence-corrected chi connectivity index (χ2v) is 9.87. The standard InChI is InChI=1S/C27H32ClN5O2/c1-3-29-26(34)19-6-7-23(21(28)15-19)33-11-9-32(10-12-33)16-18-13-17(2)24-22(14-18)31-27(35)20-5-4-8-30-25(20)24/h6-7,13-15,30H,3-5,8-12,16H2,1-2H3,(H,29,34)(H,31,35). The predicted octanol–water partition coefficient (Wildman–Crippen LogP) is 3.92. The van der Waals surface area contributed by atoms with Crippen LogP contribution >= 0.6 is 11.6 Å². The number of anilines is 2. The van der Waals surface area contributed by atoms with Gasteiger partial charge in [0.15, 0.2) is 0 Å². The molecule has 184 valence electrons. The second kappa shape index (κ2) is 9.91. The molecule has 35 heavy (non-hydrogen) atoms. The molecule has 1 amide bonds. The van der Waals surface area contributed by atoms with Gasteiger partial charge in [-0.15, -0.1) is 0 Å². The molecule has 1 saturated heterocycles.